The van der Waals surface area contributed by atoms with Gasteiger partial charge < -0.3 is 5.73 Å². The highest BCUT2D eigenvalue weighted by Gasteiger charge is 2.10. The molecule has 1 aromatic heterocycles. The van der Waals surface area contributed by atoms with Gasteiger partial charge in [0.1, 0.15) is 0 Å². The molecule has 1 aromatic carbocycles. The molecule has 0 aliphatic carbocycles. The van der Waals surface area contributed by atoms with Gasteiger partial charge in [-0.05, 0) is 30.2 Å². The zero-order valence-corrected chi connectivity index (χ0v) is 10.9. The van der Waals surface area contributed by atoms with E-state index in [4.69, 9.17) is 28.9 Å². The van der Waals surface area contributed by atoms with Crippen LogP contribution in [0.1, 0.15) is 17.3 Å². The molecule has 0 saturated carbocycles. The largest absolute Gasteiger partial charge is 0.322 e. The van der Waals surface area contributed by atoms with E-state index in [0.29, 0.717) is 16.5 Å². The van der Waals surface area contributed by atoms with E-state index in [2.05, 4.69) is 5.10 Å². The molecule has 5 heteroatoms. The fourth-order valence-electron chi connectivity index (χ4n) is 1.66. The van der Waals surface area contributed by atoms with Gasteiger partial charge in [-0.25, -0.2) is 0 Å². The molecular formula is C12H13Cl2N3. The molecule has 2 N–H and O–H groups in total. The van der Waals surface area contributed by atoms with Crippen molar-refractivity contribution in [3.8, 4) is 0 Å². The molecule has 0 aliphatic heterocycles. The fourth-order valence-corrected chi connectivity index (χ4v) is 1.98. The van der Waals surface area contributed by atoms with Crippen LogP contribution in [0.3, 0.4) is 0 Å². The zero-order chi connectivity index (χ0) is 12.4. The van der Waals surface area contributed by atoms with Gasteiger partial charge in [-0.3, -0.25) is 4.68 Å². The number of rotatable bonds is 3. The second-order valence-electron chi connectivity index (χ2n) is 3.97. The second-order valence-corrected chi connectivity index (χ2v) is 4.79. The third kappa shape index (κ3) is 3.00. The SMILES string of the molecule is Cn1ccc(C(N)Cc2ccc(Cl)c(Cl)c2)n1. The van der Waals surface area contributed by atoms with Crippen molar-refractivity contribution in [3.05, 3.63) is 51.8 Å². The smallest absolute Gasteiger partial charge is 0.0795 e. The minimum Gasteiger partial charge on any atom is -0.322 e. The lowest BCUT2D eigenvalue weighted by Crippen LogP contribution is -2.14. The van der Waals surface area contributed by atoms with Crippen LogP contribution in [0.2, 0.25) is 10.0 Å². The summed E-state index contributed by atoms with van der Waals surface area (Å²) in [5.41, 5.74) is 8.00. The lowest BCUT2D eigenvalue weighted by Gasteiger charge is -2.09. The standard InChI is InChI=1S/C12H13Cl2N3/c1-17-5-4-12(16-17)11(15)7-8-2-3-9(13)10(14)6-8/h2-6,11H,7,15H2,1H3. The molecular weight excluding hydrogens is 257 g/mol. The van der Waals surface area contributed by atoms with Gasteiger partial charge in [0.15, 0.2) is 0 Å². The number of benzene rings is 1. The first-order chi connectivity index (χ1) is 8.06. The first-order valence-electron chi connectivity index (χ1n) is 5.25. The van der Waals surface area contributed by atoms with Gasteiger partial charge in [-0.2, -0.15) is 5.10 Å². The van der Waals surface area contributed by atoms with E-state index in [9.17, 15) is 0 Å². The maximum absolute atomic E-state index is 6.08. The summed E-state index contributed by atoms with van der Waals surface area (Å²) in [4.78, 5) is 0. The molecule has 1 heterocycles. The van der Waals surface area contributed by atoms with Crippen LogP contribution in [-0.2, 0) is 13.5 Å². The molecule has 0 aliphatic rings. The van der Waals surface area contributed by atoms with Crippen LogP contribution in [-0.4, -0.2) is 9.78 Å². The van der Waals surface area contributed by atoms with Crippen molar-refractivity contribution in [2.45, 2.75) is 12.5 Å². The number of hydrogen-bond donors (Lipinski definition) is 1. The molecule has 1 atom stereocenters. The van der Waals surface area contributed by atoms with E-state index >= 15 is 0 Å². The molecule has 3 nitrogen and oxygen atoms in total. The van der Waals surface area contributed by atoms with Gasteiger partial charge in [0, 0.05) is 13.2 Å². The van der Waals surface area contributed by atoms with Gasteiger partial charge in [0.2, 0.25) is 0 Å². The average molecular weight is 270 g/mol. The van der Waals surface area contributed by atoms with E-state index in [1.165, 1.54) is 0 Å². The Morgan fingerprint density at radius 2 is 2.06 bits per heavy atom. The van der Waals surface area contributed by atoms with E-state index < -0.39 is 0 Å². The highest BCUT2D eigenvalue weighted by atomic mass is 35.5. The van der Waals surface area contributed by atoms with Crippen LogP contribution >= 0.6 is 23.2 Å². The fraction of sp³-hybridized carbons (Fsp3) is 0.250. The quantitative estimate of drug-likeness (QED) is 0.931. The summed E-state index contributed by atoms with van der Waals surface area (Å²) in [5, 5.41) is 5.39. The number of aromatic nitrogens is 2. The van der Waals surface area contributed by atoms with Crippen LogP contribution in [0.25, 0.3) is 0 Å². The average Bonchev–Trinajstić information content (AvgIpc) is 2.70. The molecule has 0 saturated heterocycles. The third-order valence-corrected chi connectivity index (χ3v) is 3.29. The van der Waals surface area contributed by atoms with Crippen LogP contribution in [0, 0.1) is 0 Å². The highest BCUT2D eigenvalue weighted by molar-refractivity contribution is 6.42. The number of nitrogens with two attached hydrogens (primary N) is 1. The van der Waals surface area contributed by atoms with Crippen molar-refractivity contribution in [1.82, 2.24) is 9.78 Å². The van der Waals surface area contributed by atoms with Crippen LogP contribution in [0.15, 0.2) is 30.5 Å². The summed E-state index contributed by atoms with van der Waals surface area (Å²) in [5.74, 6) is 0. The van der Waals surface area contributed by atoms with Gasteiger partial charge in [0.25, 0.3) is 0 Å². The normalized spacial score (nSPS) is 12.7. The molecule has 2 aromatic rings. The lowest BCUT2D eigenvalue weighted by atomic mass is 10.0. The molecule has 90 valence electrons. The van der Waals surface area contributed by atoms with Crippen molar-refractivity contribution in [3.63, 3.8) is 0 Å². The summed E-state index contributed by atoms with van der Waals surface area (Å²) in [6.07, 6.45) is 2.57. The second kappa shape index (κ2) is 5.08. The highest BCUT2D eigenvalue weighted by Crippen LogP contribution is 2.24. The minimum absolute atomic E-state index is 0.131. The van der Waals surface area contributed by atoms with Crippen LogP contribution in [0.4, 0.5) is 0 Å². The van der Waals surface area contributed by atoms with Crippen molar-refractivity contribution in [1.29, 1.82) is 0 Å². The number of aryl methyl sites for hydroxylation is 1. The van der Waals surface area contributed by atoms with Crippen LogP contribution < -0.4 is 5.73 Å². The Hall–Kier alpha value is -1.03. The molecule has 0 fully saturated rings. The monoisotopic (exact) mass is 269 g/mol. The third-order valence-electron chi connectivity index (χ3n) is 2.55. The van der Waals surface area contributed by atoms with Gasteiger partial charge in [0.05, 0.1) is 21.8 Å². The van der Waals surface area contributed by atoms with Crippen molar-refractivity contribution in [2.24, 2.45) is 12.8 Å². The number of nitrogens with zero attached hydrogens (tertiary/aromatic N) is 2. The first-order valence-corrected chi connectivity index (χ1v) is 6.01. The minimum atomic E-state index is -0.131. The maximum atomic E-state index is 6.08. The van der Waals surface area contributed by atoms with Crippen molar-refractivity contribution < 1.29 is 0 Å². The Bertz CT molecular complexity index is 522. The van der Waals surface area contributed by atoms with Gasteiger partial charge in [-0.15, -0.1) is 0 Å². The van der Waals surface area contributed by atoms with E-state index in [1.807, 2.05) is 31.4 Å². The topological polar surface area (TPSA) is 43.8 Å². The Kier molecular flexibility index (Phi) is 3.72. The van der Waals surface area contributed by atoms with Crippen molar-refractivity contribution >= 4 is 23.2 Å². The van der Waals surface area contributed by atoms with Gasteiger partial charge >= 0.3 is 0 Å². The predicted octanol–water partition coefficient (Wildman–Crippen LogP) is 2.97. The number of halogens is 2. The number of hydrogen-bond acceptors (Lipinski definition) is 2. The molecule has 1 unspecified atom stereocenters. The molecule has 0 bridgehead atoms. The lowest BCUT2D eigenvalue weighted by molar-refractivity contribution is 0.657. The maximum Gasteiger partial charge on any atom is 0.0795 e. The summed E-state index contributed by atoms with van der Waals surface area (Å²) in [7, 11) is 1.87. The zero-order valence-electron chi connectivity index (χ0n) is 9.40. The summed E-state index contributed by atoms with van der Waals surface area (Å²) in [6.45, 7) is 0. The van der Waals surface area contributed by atoms with Crippen LogP contribution in [0.5, 0.6) is 0 Å². The molecule has 17 heavy (non-hydrogen) atoms. The van der Waals surface area contributed by atoms with E-state index in [1.54, 1.807) is 10.7 Å². The Balaban J connectivity index is 2.12. The molecule has 0 amide bonds. The van der Waals surface area contributed by atoms with E-state index in [-0.39, 0.29) is 6.04 Å². The molecule has 2 rings (SSSR count). The molecule has 0 radical (unpaired) electrons. The summed E-state index contributed by atoms with van der Waals surface area (Å²) in [6, 6.07) is 7.34. The summed E-state index contributed by atoms with van der Waals surface area (Å²) >= 11 is 11.8. The Morgan fingerprint density at radius 1 is 1.29 bits per heavy atom. The van der Waals surface area contributed by atoms with Gasteiger partial charge in [-0.1, -0.05) is 29.3 Å². The molecule has 0 spiro atoms. The Labute approximate surface area is 110 Å². The predicted molar refractivity (Wildman–Crippen MR) is 70.3 cm³/mol. The first kappa shape index (κ1) is 12.4. The van der Waals surface area contributed by atoms with Crippen molar-refractivity contribution in [2.75, 3.05) is 0 Å². The van der Waals surface area contributed by atoms with E-state index in [0.717, 1.165) is 11.3 Å². The summed E-state index contributed by atoms with van der Waals surface area (Å²) < 4.78 is 1.74. The Morgan fingerprint density at radius 3 is 2.65 bits per heavy atom.